The predicted octanol–water partition coefficient (Wildman–Crippen LogP) is -0.190. The van der Waals surface area contributed by atoms with Gasteiger partial charge < -0.3 is 15.1 Å². The van der Waals surface area contributed by atoms with Crippen molar-refractivity contribution in [2.24, 2.45) is 0 Å². The van der Waals surface area contributed by atoms with Gasteiger partial charge in [-0.1, -0.05) is 0 Å². The van der Waals surface area contributed by atoms with E-state index in [2.05, 4.69) is 10.2 Å². The predicted molar refractivity (Wildman–Crippen MR) is 70.4 cm³/mol. The summed E-state index contributed by atoms with van der Waals surface area (Å²) in [5.41, 5.74) is 0. The molecular formula is C12H24N4O2. The number of nitrogens with one attached hydrogen (secondary N) is 1. The third kappa shape index (κ3) is 4.52. The molecule has 0 aromatic rings. The first-order valence-corrected chi connectivity index (χ1v) is 6.38. The molecule has 1 fully saturated rings. The minimum Gasteiger partial charge on any atom is -0.353 e. The Hall–Kier alpha value is -1.30. The van der Waals surface area contributed by atoms with E-state index in [-0.39, 0.29) is 18.0 Å². The minimum absolute atomic E-state index is 0.0429. The first kappa shape index (κ1) is 14.8. The number of hydrogen-bond acceptors (Lipinski definition) is 3. The SMILES string of the molecule is CC(C)NC(=O)CN1CCN(C(=O)N(C)C)CC1. The summed E-state index contributed by atoms with van der Waals surface area (Å²) in [5, 5.41) is 2.87. The molecule has 1 aliphatic rings. The zero-order valence-electron chi connectivity index (χ0n) is 11.8. The standard InChI is InChI=1S/C12H24N4O2/c1-10(2)13-11(17)9-15-5-7-16(8-6-15)12(18)14(3)4/h10H,5-9H2,1-4H3,(H,13,17). The molecule has 0 atom stereocenters. The molecule has 3 amide bonds. The molecule has 0 aromatic heterocycles. The number of hydrogen-bond donors (Lipinski definition) is 1. The fourth-order valence-corrected chi connectivity index (χ4v) is 1.95. The van der Waals surface area contributed by atoms with E-state index in [1.54, 1.807) is 19.0 Å². The Balaban J connectivity index is 2.31. The normalized spacial score (nSPS) is 16.8. The van der Waals surface area contributed by atoms with E-state index in [4.69, 9.17) is 0 Å². The third-order valence-corrected chi connectivity index (χ3v) is 2.84. The Morgan fingerprint density at radius 2 is 1.72 bits per heavy atom. The largest absolute Gasteiger partial charge is 0.353 e. The summed E-state index contributed by atoms with van der Waals surface area (Å²) in [6, 6.07) is 0.218. The van der Waals surface area contributed by atoms with Gasteiger partial charge >= 0.3 is 6.03 Å². The third-order valence-electron chi connectivity index (χ3n) is 2.84. The second-order valence-corrected chi connectivity index (χ2v) is 5.16. The molecule has 0 bridgehead atoms. The van der Waals surface area contributed by atoms with Crippen LogP contribution in [0.2, 0.25) is 0 Å². The van der Waals surface area contributed by atoms with Crippen LogP contribution in [0.15, 0.2) is 0 Å². The van der Waals surface area contributed by atoms with Crippen molar-refractivity contribution in [1.82, 2.24) is 20.0 Å². The highest BCUT2D eigenvalue weighted by atomic mass is 16.2. The molecular weight excluding hydrogens is 232 g/mol. The number of urea groups is 1. The number of nitrogens with zero attached hydrogens (tertiary/aromatic N) is 3. The van der Waals surface area contributed by atoms with Gasteiger partial charge in [-0.15, -0.1) is 0 Å². The van der Waals surface area contributed by atoms with Crippen LogP contribution < -0.4 is 5.32 Å². The number of amides is 3. The molecule has 6 heteroatoms. The molecule has 1 heterocycles. The van der Waals surface area contributed by atoms with Gasteiger partial charge in [0.25, 0.3) is 0 Å². The van der Waals surface area contributed by atoms with Gasteiger partial charge in [0, 0.05) is 46.3 Å². The van der Waals surface area contributed by atoms with E-state index in [0.717, 1.165) is 13.1 Å². The molecule has 1 aliphatic heterocycles. The lowest BCUT2D eigenvalue weighted by Crippen LogP contribution is -2.53. The number of rotatable bonds is 3. The van der Waals surface area contributed by atoms with Crippen molar-refractivity contribution in [3.8, 4) is 0 Å². The number of carbonyl (C=O) groups excluding carboxylic acids is 2. The molecule has 6 nitrogen and oxygen atoms in total. The van der Waals surface area contributed by atoms with E-state index >= 15 is 0 Å². The van der Waals surface area contributed by atoms with Crippen LogP contribution in [0.4, 0.5) is 4.79 Å². The van der Waals surface area contributed by atoms with Gasteiger partial charge in [-0.05, 0) is 13.8 Å². The van der Waals surface area contributed by atoms with E-state index < -0.39 is 0 Å². The van der Waals surface area contributed by atoms with Crippen LogP contribution in [-0.2, 0) is 4.79 Å². The summed E-state index contributed by atoms with van der Waals surface area (Å²) < 4.78 is 0. The molecule has 104 valence electrons. The summed E-state index contributed by atoms with van der Waals surface area (Å²) in [7, 11) is 3.51. The van der Waals surface area contributed by atoms with Crippen LogP contribution in [-0.4, -0.2) is 79.5 Å². The Bertz CT molecular complexity index is 296. The van der Waals surface area contributed by atoms with Crippen LogP contribution >= 0.6 is 0 Å². The highest BCUT2D eigenvalue weighted by Crippen LogP contribution is 2.03. The fourth-order valence-electron chi connectivity index (χ4n) is 1.95. The van der Waals surface area contributed by atoms with Gasteiger partial charge in [-0.2, -0.15) is 0 Å². The van der Waals surface area contributed by atoms with Crippen molar-refractivity contribution < 1.29 is 9.59 Å². The maximum Gasteiger partial charge on any atom is 0.319 e. The lowest BCUT2D eigenvalue weighted by Gasteiger charge is -2.35. The Morgan fingerprint density at radius 1 is 1.17 bits per heavy atom. The summed E-state index contributed by atoms with van der Waals surface area (Å²) >= 11 is 0. The summed E-state index contributed by atoms with van der Waals surface area (Å²) in [6.07, 6.45) is 0. The Morgan fingerprint density at radius 3 is 2.17 bits per heavy atom. The minimum atomic E-state index is 0.0429. The van der Waals surface area contributed by atoms with Crippen molar-refractivity contribution in [3.63, 3.8) is 0 Å². The molecule has 1 N–H and O–H groups in total. The van der Waals surface area contributed by atoms with Crippen molar-refractivity contribution in [3.05, 3.63) is 0 Å². The fraction of sp³-hybridized carbons (Fsp3) is 0.833. The highest BCUT2D eigenvalue weighted by Gasteiger charge is 2.23. The van der Waals surface area contributed by atoms with Gasteiger partial charge in [0.1, 0.15) is 0 Å². The van der Waals surface area contributed by atoms with E-state index in [1.165, 1.54) is 0 Å². The smallest absolute Gasteiger partial charge is 0.319 e. The van der Waals surface area contributed by atoms with Crippen LogP contribution in [0.1, 0.15) is 13.8 Å². The van der Waals surface area contributed by atoms with E-state index in [0.29, 0.717) is 19.6 Å². The molecule has 0 spiro atoms. The molecule has 0 saturated carbocycles. The van der Waals surface area contributed by atoms with E-state index in [9.17, 15) is 9.59 Å². The number of carbonyl (C=O) groups is 2. The maximum absolute atomic E-state index is 11.7. The first-order chi connectivity index (χ1) is 8.40. The highest BCUT2D eigenvalue weighted by molar-refractivity contribution is 5.78. The van der Waals surface area contributed by atoms with Gasteiger partial charge in [-0.3, -0.25) is 9.69 Å². The van der Waals surface area contributed by atoms with Crippen LogP contribution in [0.5, 0.6) is 0 Å². The molecule has 0 aliphatic carbocycles. The summed E-state index contributed by atoms with van der Waals surface area (Å²) in [5.74, 6) is 0.0531. The van der Waals surface area contributed by atoms with Crippen LogP contribution in [0, 0.1) is 0 Å². The van der Waals surface area contributed by atoms with Gasteiger partial charge in [0.2, 0.25) is 5.91 Å². The molecule has 0 unspecified atom stereocenters. The molecule has 0 aromatic carbocycles. The maximum atomic E-state index is 11.7. The zero-order chi connectivity index (χ0) is 13.7. The van der Waals surface area contributed by atoms with Crippen molar-refractivity contribution in [2.45, 2.75) is 19.9 Å². The van der Waals surface area contributed by atoms with Gasteiger partial charge in [0.05, 0.1) is 6.54 Å². The zero-order valence-corrected chi connectivity index (χ0v) is 11.8. The van der Waals surface area contributed by atoms with Crippen molar-refractivity contribution >= 4 is 11.9 Å². The van der Waals surface area contributed by atoms with Crippen molar-refractivity contribution in [1.29, 1.82) is 0 Å². The Kier molecular flexibility index (Phi) is 5.40. The molecule has 0 radical (unpaired) electrons. The topological polar surface area (TPSA) is 55.9 Å². The first-order valence-electron chi connectivity index (χ1n) is 6.38. The van der Waals surface area contributed by atoms with Crippen LogP contribution in [0.3, 0.4) is 0 Å². The Labute approximate surface area is 109 Å². The quantitative estimate of drug-likeness (QED) is 0.761. The van der Waals surface area contributed by atoms with Crippen molar-refractivity contribution in [2.75, 3.05) is 46.8 Å². The van der Waals surface area contributed by atoms with Gasteiger partial charge in [0.15, 0.2) is 0 Å². The molecule has 1 saturated heterocycles. The lowest BCUT2D eigenvalue weighted by atomic mass is 10.3. The average Bonchev–Trinajstić information content (AvgIpc) is 2.27. The lowest BCUT2D eigenvalue weighted by molar-refractivity contribution is -0.123. The van der Waals surface area contributed by atoms with Crippen LogP contribution in [0.25, 0.3) is 0 Å². The monoisotopic (exact) mass is 256 g/mol. The summed E-state index contributed by atoms with van der Waals surface area (Å²) in [6.45, 7) is 7.20. The molecule has 1 rings (SSSR count). The van der Waals surface area contributed by atoms with E-state index in [1.807, 2.05) is 18.7 Å². The second kappa shape index (κ2) is 6.58. The molecule has 18 heavy (non-hydrogen) atoms. The summed E-state index contributed by atoms with van der Waals surface area (Å²) in [4.78, 5) is 28.8. The van der Waals surface area contributed by atoms with Gasteiger partial charge in [-0.25, -0.2) is 4.79 Å². The second-order valence-electron chi connectivity index (χ2n) is 5.16. The number of piperazine rings is 1. The average molecular weight is 256 g/mol.